The van der Waals surface area contributed by atoms with Crippen LogP contribution in [0.15, 0.2) is 36.9 Å². The fraction of sp³-hybridized carbons (Fsp3) is 0.500. The van der Waals surface area contributed by atoms with Crippen LogP contribution < -0.4 is 4.90 Å². The fourth-order valence-corrected chi connectivity index (χ4v) is 3.66. The van der Waals surface area contributed by atoms with E-state index in [2.05, 4.69) is 36.9 Å². The molecule has 0 amide bonds. The third-order valence-corrected chi connectivity index (χ3v) is 4.97. The van der Waals surface area contributed by atoms with Crippen LogP contribution in [0.2, 0.25) is 0 Å². The highest BCUT2D eigenvalue weighted by Gasteiger charge is 2.34. The minimum atomic E-state index is -0.406. The zero-order chi connectivity index (χ0) is 17.1. The van der Waals surface area contributed by atoms with Crippen LogP contribution in [-0.2, 0) is 11.3 Å². The Kier molecular flexibility index (Phi) is 4.85. The highest BCUT2D eigenvalue weighted by molar-refractivity contribution is 5.30. The van der Waals surface area contributed by atoms with Crippen LogP contribution >= 0.6 is 0 Å². The lowest BCUT2D eigenvalue weighted by atomic mass is 9.93. The maximum atomic E-state index is 13.0. The molecule has 2 aliphatic heterocycles. The SMILES string of the molecule is Fc1cnc(N2CC[C@@H]3CN(Cc4ccncc4)CCO[C@@H]3C2)nc1. The highest BCUT2D eigenvalue weighted by atomic mass is 19.1. The minimum Gasteiger partial charge on any atom is -0.375 e. The van der Waals surface area contributed by atoms with Gasteiger partial charge in [-0.25, -0.2) is 14.4 Å². The number of piperidine rings is 1. The first kappa shape index (κ1) is 16.4. The minimum absolute atomic E-state index is 0.171. The molecule has 2 fully saturated rings. The molecule has 0 unspecified atom stereocenters. The molecule has 0 spiro atoms. The molecule has 132 valence electrons. The number of rotatable bonds is 3. The van der Waals surface area contributed by atoms with Crippen molar-refractivity contribution in [3.05, 3.63) is 48.3 Å². The van der Waals surface area contributed by atoms with Crippen molar-refractivity contribution in [2.75, 3.05) is 37.7 Å². The largest absolute Gasteiger partial charge is 0.375 e. The molecule has 0 aliphatic carbocycles. The van der Waals surface area contributed by atoms with Crippen molar-refractivity contribution < 1.29 is 9.13 Å². The maximum absolute atomic E-state index is 13.0. The molecule has 25 heavy (non-hydrogen) atoms. The molecule has 6 nitrogen and oxygen atoms in total. The zero-order valence-electron chi connectivity index (χ0n) is 14.1. The number of nitrogens with zero attached hydrogens (tertiary/aromatic N) is 5. The number of aromatic nitrogens is 3. The third kappa shape index (κ3) is 3.93. The van der Waals surface area contributed by atoms with Crippen molar-refractivity contribution in [3.8, 4) is 0 Å². The van der Waals surface area contributed by atoms with Gasteiger partial charge in [0.25, 0.3) is 0 Å². The summed E-state index contributed by atoms with van der Waals surface area (Å²) < 4.78 is 19.1. The van der Waals surface area contributed by atoms with Gasteiger partial charge in [0.15, 0.2) is 5.82 Å². The summed E-state index contributed by atoms with van der Waals surface area (Å²) in [4.78, 5) is 16.8. The number of pyridine rings is 1. The van der Waals surface area contributed by atoms with Gasteiger partial charge in [-0.1, -0.05) is 0 Å². The van der Waals surface area contributed by atoms with Crippen LogP contribution in [0.1, 0.15) is 12.0 Å². The molecule has 2 aromatic heterocycles. The summed E-state index contributed by atoms with van der Waals surface area (Å²) in [5.74, 6) is 0.679. The first-order valence-corrected chi connectivity index (χ1v) is 8.73. The average Bonchev–Trinajstić information content (AvgIpc) is 2.84. The molecule has 2 saturated heterocycles. The molecule has 0 bridgehead atoms. The molecule has 7 heteroatoms. The van der Waals surface area contributed by atoms with Crippen molar-refractivity contribution in [2.45, 2.75) is 19.1 Å². The lowest BCUT2D eigenvalue weighted by molar-refractivity contribution is 0.0249. The number of hydrogen-bond acceptors (Lipinski definition) is 6. The summed E-state index contributed by atoms with van der Waals surface area (Å²) in [5, 5.41) is 0. The molecule has 0 N–H and O–H groups in total. The molecular weight excluding hydrogens is 321 g/mol. The Morgan fingerprint density at radius 3 is 2.72 bits per heavy atom. The van der Waals surface area contributed by atoms with Crippen LogP contribution in [-0.4, -0.2) is 58.7 Å². The van der Waals surface area contributed by atoms with Gasteiger partial charge < -0.3 is 9.64 Å². The molecule has 0 radical (unpaired) electrons. The van der Waals surface area contributed by atoms with E-state index >= 15 is 0 Å². The molecule has 4 heterocycles. The molecule has 4 rings (SSSR count). The number of hydrogen-bond donors (Lipinski definition) is 0. The molecule has 0 aromatic carbocycles. The van der Waals surface area contributed by atoms with Gasteiger partial charge in [-0.2, -0.15) is 0 Å². The van der Waals surface area contributed by atoms with E-state index in [0.29, 0.717) is 11.9 Å². The Bertz CT molecular complexity index is 684. The van der Waals surface area contributed by atoms with E-state index in [-0.39, 0.29) is 6.10 Å². The van der Waals surface area contributed by atoms with Crippen molar-refractivity contribution in [1.82, 2.24) is 19.9 Å². The lowest BCUT2D eigenvalue weighted by Crippen LogP contribution is -2.47. The van der Waals surface area contributed by atoms with Crippen LogP contribution in [0.25, 0.3) is 0 Å². The topological polar surface area (TPSA) is 54.4 Å². The Morgan fingerprint density at radius 1 is 1.12 bits per heavy atom. The normalized spacial score (nSPS) is 24.6. The highest BCUT2D eigenvalue weighted by Crippen LogP contribution is 2.26. The predicted molar refractivity (Wildman–Crippen MR) is 91.6 cm³/mol. The lowest BCUT2D eigenvalue weighted by Gasteiger charge is -2.38. The number of halogens is 1. The molecular formula is C18H22FN5O. The Labute approximate surface area is 146 Å². The summed E-state index contributed by atoms with van der Waals surface area (Å²) in [6, 6.07) is 4.13. The quantitative estimate of drug-likeness (QED) is 0.846. The van der Waals surface area contributed by atoms with Gasteiger partial charge in [0.05, 0.1) is 25.1 Å². The van der Waals surface area contributed by atoms with E-state index in [4.69, 9.17) is 4.74 Å². The Balaban J connectivity index is 1.39. The fourth-order valence-electron chi connectivity index (χ4n) is 3.66. The Morgan fingerprint density at radius 2 is 1.92 bits per heavy atom. The molecule has 2 atom stereocenters. The first-order chi connectivity index (χ1) is 12.3. The van der Waals surface area contributed by atoms with Gasteiger partial charge in [0, 0.05) is 51.0 Å². The van der Waals surface area contributed by atoms with Gasteiger partial charge >= 0.3 is 0 Å². The summed E-state index contributed by atoms with van der Waals surface area (Å²) in [7, 11) is 0. The van der Waals surface area contributed by atoms with Crippen molar-refractivity contribution >= 4 is 5.95 Å². The third-order valence-electron chi connectivity index (χ3n) is 4.97. The van der Waals surface area contributed by atoms with Gasteiger partial charge in [0.1, 0.15) is 0 Å². The van der Waals surface area contributed by atoms with Crippen LogP contribution in [0.4, 0.5) is 10.3 Å². The monoisotopic (exact) mass is 343 g/mol. The van der Waals surface area contributed by atoms with E-state index in [1.165, 1.54) is 18.0 Å². The zero-order valence-corrected chi connectivity index (χ0v) is 14.1. The van der Waals surface area contributed by atoms with Crippen molar-refractivity contribution in [1.29, 1.82) is 0 Å². The Hall–Kier alpha value is -2.12. The number of ether oxygens (including phenoxy) is 1. The number of fused-ring (bicyclic) bond motifs is 1. The van der Waals surface area contributed by atoms with E-state index in [9.17, 15) is 4.39 Å². The standard InChI is InChI=1S/C18H22FN5O/c19-16-9-21-18(22-10-16)24-6-3-15-12-23(7-8-25-17(15)13-24)11-14-1-4-20-5-2-14/h1-2,4-5,9-10,15,17H,3,6-8,11-13H2/t15-,17-/m1/s1. The van der Waals surface area contributed by atoms with E-state index < -0.39 is 5.82 Å². The molecule has 2 aromatic rings. The number of anilines is 1. The summed E-state index contributed by atoms with van der Waals surface area (Å²) in [6.07, 6.45) is 7.32. The summed E-state index contributed by atoms with van der Waals surface area (Å²) >= 11 is 0. The second-order valence-corrected chi connectivity index (χ2v) is 6.70. The van der Waals surface area contributed by atoms with Crippen molar-refractivity contribution in [3.63, 3.8) is 0 Å². The van der Waals surface area contributed by atoms with Crippen molar-refractivity contribution in [2.24, 2.45) is 5.92 Å². The average molecular weight is 343 g/mol. The van der Waals surface area contributed by atoms with Crippen LogP contribution in [0.3, 0.4) is 0 Å². The second kappa shape index (κ2) is 7.41. The van der Waals surface area contributed by atoms with E-state index in [1.807, 2.05) is 12.4 Å². The van der Waals surface area contributed by atoms with E-state index in [0.717, 1.165) is 45.8 Å². The second-order valence-electron chi connectivity index (χ2n) is 6.70. The van der Waals surface area contributed by atoms with Crippen LogP contribution in [0, 0.1) is 11.7 Å². The van der Waals surface area contributed by atoms with Gasteiger partial charge in [-0.05, 0) is 24.1 Å². The van der Waals surface area contributed by atoms with Gasteiger partial charge in [0.2, 0.25) is 5.95 Å². The maximum Gasteiger partial charge on any atom is 0.225 e. The van der Waals surface area contributed by atoms with Crippen LogP contribution in [0.5, 0.6) is 0 Å². The first-order valence-electron chi connectivity index (χ1n) is 8.73. The summed E-state index contributed by atoms with van der Waals surface area (Å²) in [5.41, 5.74) is 1.28. The smallest absolute Gasteiger partial charge is 0.225 e. The van der Waals surface area contributed by atoms with E-state index in [1.54, 1.807) is 0 Å². The van der Waals surface area contributed by atoms with Gasteiger partial charge in [-0.15, -0.1) is 0 Å². The molecule has 2 aliphatic rings. The summed E-state index contributed by atoms with van der Waals surface area (Å²) in [6.45, 7) is 5.26. The van der Waals surface area contributed by atoms with Gasteiger partial charge in [-0.3, -0.25) is 9.88 Å². The molecule has 0 saturated carbocycles. The predicted octanol–water partition coefficient (Wildman–Crippen LogP) is 1.74.